The molecule has 0 aromatic carbocycles. The number of urea groups is 1. The van der Waals surface area contributed by atoms with Crippen LogP contribution in [0.5, 0.6) is 0 Å². The fourth-order valence-electron chi connectivity index (χ4n) is 3.44. The molecule has 2 heterocycles. The number of rotatable bonds is 10. The van der Waals surface area contributed by atoms with Gasteiger partial charge in [-0.2, -0.15) is 11.8 Å². The number of thioether (sulfide) groups is 1. The minimum absolute atomic E-state index is 0.0994. The summed E-state index contributed by atoms with van der Waals surface area (Å²) in [5.41, 5.74) is 0. The van der Waals surface area contributed by atoms with Gasteiger partial charge in [-0.1, -0.05) is 32.6 Å². The third-order valence-corrected chi connectivity index (χ3v) is 6.09. The molecule has 1 unspecified atom stereocenters. The van der Waals surface area contributed by atoms with Crippen LogP contribution in [-0.2, 0) is 4.79 Å². The van der Waals surface area contributed by atoms with E-state index in [0.29, 0.717) is 11.3 Å². The van der Waals surface area contributed by atoms with E-state index in [0.717, 1.165) is 38.0 Å². The van der Waals surface area contributed by atoms with Gasteiger partial charge in [0.05, 0.1) is 12.1 Å². The molecule has 0 aromatic rings. The molecule has 2 aliphatic rings. The number of hydrogen-bond donors (Lipinski definition) is 2. The SMILES string of the molecule is CCCCCCN1C(=O)NC2CS[C@@H](CCCCC(=O)O)[C@H]21. The summed E-state index contributed by atoms with van der Waals surface area (Å²) in [4.78, 5) is 24.8. The second-order valence-corrected chi connectivity index (χ2v) is 7.58. The smallest absolute Gasteiger partial charge is 0.318 e. The highest BCUT2D eigenvalue weighted by Crippen LogP contribution is 2.37. The summed E-state index contributed by atoms with van der Waals surface area (Å²) in [7, 11) is 0. The van der Waals surface area contributed by atoms with Crippen LogP contribution in [0.1, 0.15) is 58.3 Å². The van der Waals surface area contributed by atoms with Gasteiger partial charge in [-0.05, 0) is 19.3 Å². The normalized spacial score (nSPS) is 27.0. The van der Waals surface area contributed by atoms with Crippen LogP contribution in [0, 0.1) is 0 Å². The van der Waals surface area contributed by atoms with Crippen LogP contribution in [0.15, 0.2) is 0 Å². The van der Waals surface area contributed by atoms with Crippen molar-refractivity contribution in [3.63, 3.8) is 0 Å². The summed E-state index contributed by atoms with van der Waals surface area (Å²) >= 11 is 1.94. The molecular weight excluding hydrogens is 300 g/mol. The van der Waals surface area contributed by atoms with Crippen molar-refractivity contribution >= 4 is 23.8 Å². The average molecular weight is 328 g/mol. The summed E-state index contributed by atoms with van der Waals surface area (Å²) in [5.74, 6) is 0.276. The third-order valence-electron chi connectivity index (χ3n) is 4.59. The summed E-state index contributed by atoms with van der Waals surface area (Å²) in [5, 5.41) is 12.3. The van der Waals surface area contributed by atoms with Crippen LogP contribution in [0.2, 0.25) is 0 Å². The molecule has 3 atom stereocenters. The van der Waals surface area contributed by atoms with Crippen LogP contribution in [0.25, 0.3) is 0 Å². The van der Waals surface area contributed by atoms with E-state index in [1.807, 2.05) is 16.7 Å². The highest BCUT2D eigenvalue weighted by Gasteiger charge is 2.47. The summed E-state index contributed by atoms with van der Waals surface area (Å²) in [6.07, 6.45) is 7.65. The lowest BCUT2D eigenvalue weighted by atomic mass is 10.0. The lowest BCUT2D eigenvalue weighted by Gasteiger charge is -2.27. The second-order valence-electron chi connectivity index (χ2n) is 6.31. The Hall–Kier alpha value is -0.910. The molecule has 5 nitrogen and oxygen atoms in total. The number of carbonyl (C=O) groups excluding carboxylic acids is 1. The van der Waals surface area contributed by atoms with Crippen LogP contribution >= 0.6 is 11.8 Å². The molecule has 2 aliphatic heterocycles. The Balaban J connectivity index is 1.80. The van der Waals surface area contributed by atoms with Gasteiger partial charge in [0.2, 0.25) is 0 Å². The Kier molecular flexibility index (Phi) is 6.86. The average Bonchev–Trinajstić information content (AvgIpc) is 2.99. The molecule has 2 amide bonds. The van der Waals surface area contributed by atoms with Crippen molar-refractivity contribution in [1.29, 1.82) is 0 Å². The highest BCUT2D eigenvalue weighted by atomic mass is 32.2. The van der Waals surface area contributed by atoms with Crippen molar-refractivity contribution in [1.82, 2.24) is 10.2 Å². The van der Waals surface area contributed by atoms with Crippen LogP contribution in [0.3, 0.4) is 0 Å². The third kappa shape index (κ3) is 4.54. The summed E-state index contributed by atoms with van der Waals surface area (Å²) in [6, 6.07) is 0.694. The Morgan fingerprint density at radius 2 is 2.14 bits per heavy atom. The molecule has 2 saturated heterocycles. The predicted molar refractivity (Wildman–Crippen MR) is 89.3 cm³/mol. The van der Waals surface area contributed by atoms with Crippen LogP contribution < -0.4 is 5.32 Å². The Morgan fingerprint density at radius 1 is 1.32 bits per heavy atom. The van der Waals surface area contributed by atoms with Gasteiger partial charge in [-0.25, -0.2) is 4.79 Å². The number of carbonyl (C=O) groups is 2. The number of carboxylic acids is 1. The maximum absolute atomic E-state index is 12.1. The maximum atomic E-state index is 12.1. The van der Waals surface area contributed by atoms with Crippen molar-refractivity contribution < 1.29 is 14.7 Å². The highest BCUT2D eigenvalue weighted by molar-refractivity contribution is 8.00. The van der Waals surface area contributed by atoms with Crippen molar-refractivity contribution in [2.75, 3.05) is 12.3 Å². The minimum atomic E-state index is -0.716. The van der Waals surface area contributed by atoms with Gasteiger partial charge in [-0.15, -0.1) is 0 Å². The lowest BCUT2D eigenvalue weighted by molar-refractivity contribution is -0.137. The molecule has 2 rings (SSSR count). The first-order valence-corrected chi connectivity index (χ1v) is 9.59. The Morgan fingerprint density at radius 3 is 2.86 bits per heavy atom. The number of carboxylic acid groups (broad SMARTS) is 1. The van der Waals surface area contributed by atoms with Crippen molar-refractivity contribution in [3.8, 4) is 0 Å². The number of fused-ring (bicyclic) bond motifs is 1. The largest absolute Gasteiger partial charge is 0.481 e. The maximum Gasteiger partial charge on any atom is 0.318 e. The molecule has 0 saturated carbocycles. The number of aliphatic carboxylic acids is 1. The van der Waals surface area contributed by atoms with Gasteiger partial charge >= 0.3 is 12.0 Å². The zero-order chi connectivity index (χ0) is 15.9. The lowest BCUT2D eigenvalue weighted by Crippen LogP contribution is -2.41. The molecule has 0 aromatic heterocycles. The second kappa shape index (κ2) is 8.65. The molecule has 126 valence electrons. The monoisotopic (exact) mass is 328 g/mol. The van der Waals surface area contributed by atoms with Crippen molar-refractivity contribution in [2.24, 2.45) is 0 Å². The van der Waals surface area contributed by atoms with Gasteiger partial charge in [0.1, 0.15) is 0 Å². The number of unbranched alkanes of at least 4 members (excludes halogenated alkanes) is 4. The van der Waals surface area contributed by atoms with E-state index in [-0.39, 0.29) is 18.5 Å². The molecular formula is C16H28N2O3S. The first-order valence-electron chi connectivity index (χ1n) is 8.54. The minimum Gasteiger partial charge on any atom is -0.481 e. The Bertz CT molecular complexity index is 392. The van der Waals surface area contributed by atoms with Gasteiger partial charge in [0.25, 0.3) is 0 Å². The van der Waals surface area contributed by atoms with Crippen molar-refractivity contribution in [2.45, 2.75) is 75.6 Å². The van der Waals surface area contributed by atoms with E-state index in [1.165, 1.54) is 19.3 Å². The molecule has 6 heteroatoms. The summed E-state index contributed by atoms with van der Waals surface area (Å²) < 4.78 is 0. The van der Waals surface area contributed by atoms with Crippen LogP contribution in [-0.4, -0.2) is 51.6 Å². The fourth-order valence-corrected chi connectivity index (χ4v) is 5.04. The molecule has 2 N–H and O–H groups in total. The molecule has 2 fully saturated rings. The topological polar surface area (TPSA) is 69.6 Å². The van der Waals surface area contributed by atoms with E-state index in [1.54, 1.807) is 0 Å². The van der Waals surface area contributed by atoms with E-state index < -0.39 is 5.97 Å². The fraction of sp³-hybridized carbons (Fsp3) is 0.875. The van der Waals surface area contributed by atoms with E-state index in [4.69, 9.17) is 5.11 Å². The Labute approximate surface area is 137 Å². The molecule has 22 heavy (non-hydrogen) atoms. The quantitative estimate of drug-likeness (QED) is 0.477. The van der Waals surface area contributed by atoms with Gasteiger partial charge < -0.3 is 15.3 Å². The first-order chi connectivity index (χ1) is 10.6. The predicted octanol–water partition coefficient (Wildman–Crippen LogP) is 3.09. The van der Waals surface area contributed by atoms with Crippen molar-refractivity contribution in [3.05, 3.63) is 0 Å². The molecule has 0 radical (unpaired) electrons. The number of nitrogens with zero attached hydrogens (tertiary/aromatic N) is 1. The van der Waals surface area contributed by atoms with E-state index in [9.17, 15) is 9.59 Å². The summed E-state index contributed by atoms with van der Waals surface area (Å²) in [6.45, 7) is 3.05. The van der Waals surface area contributed by atoms with E-state index >= 15 is 0 Å². The van der Waals surface area contributed by atoms with Gasteiger partial charge in [-0.3, -0.25) is 4.79 Å². The molecule has 0 aliphatic carbocycles. The zero-order valence-corrected chi connectivity index (χ0v) is 14.2. The molecule has 0 bridgehead atoms. The first kappa shape index (κ1) is 17.4. The van der Waals surface area contributed by atoms with E-state index in [2.05, 4.69) is 12.2 Å². The standard InChI is InChI=1S/C16H28N2O3S/c1-2-3-4-7-10-18-15-12(17-16(18)21)11-22-13(15)8-5-6-9-14(19)20/h12-13,15H,2-11H2,1H3,(H,17,21)(H,19,20)/t12?,13-,15-/m0/s1. The number of hydrogen-bond acceptors (Lipinski definition) is 3. The number of amides is 2. The van der Waals surface area contributed by atoms with Gasteiger partial charge in [0.15, 0.2) is 0 Å². The zero-order valence-electron chi connectivity index (χ0n) is 13.4. The number of nitrogens with one attached hydrogen (secondary N) is 1. The van der Waals surface area contributed by atoms with Gasteiger partial charge in [0, 0.05) is 24.0 Å². The molecule has 0 spiro atoms. The van der Waals surface area contributed by atoms with Crippen LogP contribution in [0.4, 0.5) is 4.79 Å².